The van der Waals surface area contributed by atoms with Crippen LogP contribution >= 0.6 is 35.6 Å². The molecule has 0 bridgehead atoms. The molecule has 0 saturated heterocycles. The lowest BCUT2D eigenvalue weighted by Gasteiger charge is -2.11. The van der Waals surface area contributed by atoms with Gasteiger partial charge in [0.05, 0.1) is 25.9 Å². The van der Waals surface area contributed by atoms with Gasteiger partial charge in [-0.05, 0) is 30.7 Å². The maximum atomic E-state index is 5.89. The Morgan fingerprint density at radius 1 is 1.17 bits per heavy atom. The average molecular weight is 461 g/mol. The minimum Gasteiger partial charge on any atom is -0.481 e. The Bertz CT molecular complexity index is 649. The van der Waals surface area contributed by atoms with E-state index in [4.69, 9.17) is 16.3 Å². The maximum Gasteiger partial charge on any atom is 0.213 e. The SMILES string of the molecule is CCNC(=NCc1ccc(Cl)cc1)NCc1cccc(OC)n1.I. The number of aliphatic imine (C=N–C) groups is 1. The second-order valence-electron chi connectivity index (χ2n) is 4.85. The monoisotopic (exact) mass is 460 g/mol. The van der Waals surface area contributed by atoms with Crippen molar-refractivity contribution in [3.63, 3.8) is 0 Å². The van der Waals surface area contributed by atoms with Gasteiger partial charge >= 0.3 is 0 Å². The molecule has 5 nitrogen and oxygen atoms in total. The molecule has 0 amide bonds. The molecular formula is C17H22ClIN4O. The van der Waals surface area contributed by atoms with Crippen molar-refractivity contribution >= 4 is 41.5 Å². The summed E-state index contributed by atoms with van der Waals surface area (Å²) in [6.45, 7) is 3.98. The summed E-state index contributed by atoms with van der Waals surface area (Å²) in [5, 5.41) is 7.21. The summed E-state index contributed by atoms with van der Waals surface area (Å²) in [7, 11) is 1.61. The molecule has 24 heavy (non-hydrogen) atoms. The maximum absolute atomic E-state index is 5.89. The van der Waals surface area contributed by atoms with Crippen LogP contribution in [0.25, 0.3) is 0 Å². The molecule has 0 fully saturated rings. The molecule has 1 aromatic heterocycles. The van der Waals surface area contributed by atoms with E-state index in [2.05, 4.69) is 20.6 Å². The lowest BCUT2D eigenvalue weighted by atomic mass is 10.2. The van der Waals surface area contributed by atoms with E-state index in [1.54, 1.807) is 7.11 Å². The normalized spacial score (nSPS) is 10.7. The quantitative estimate of drug-likeness (QED) is 0.393. The van der Waals surface area contributed by atoms with Gasteiger partial charge in [-0.15, -0.1) is 24.0 Å². The summed E-state index contributed by atoms with van der Waals surface area (Å²) >= 11 is 5.89. The molecule has 130 valence electrons. The number of methoxy groups -OCH3 is 1. The first-order chi connectivity index (χ1) is 11.2. The number of nitrogens with zero attached hydrogens (tertiary/aromatic N) is 2. The Hall–Kier alpha value is -1.54. The van der Waals surface area contributed by atoms with Gasteiger partial charge in [-0.1, -0.05) is 29.8 Å². The van der Waals surface area contributed by atoms with Crippen molar-refractivity contribution in [3.05, 3.63) is 58.7 Å². The van der Waals surface area contributed by atoms with E-state index >= 15 is 0 Å². The summed E-state index contributed by atoms with van der Waals surface area (Å²) in [5.74, 6) is 1.35. The lowest BCUT2D eigenvalue weighted by molar-refractivity contribution is 0.396. The molecule has 1 heterocycles. The molecule has 0 aliphatic rings. The fourth-order valence-corrected chi connectivity index (χ4v) is 2.07. The standard InChI is InChI=1S/C17H21ClN4O.HI/c1-3-19-17(20-11-13-7-9-14(18)10-8-13)21-12-15-5-4-6-16(22-15)23-2;/h4-10H,3,11-12H2,1-2H3,(H2,19,20,21);1H. The van der Waals surface area contributed by atoms with Gasteiger partial charge in [0.2, 0.25) is 5.88 Å². The minimum atomic E-state index is 0. The molecule has 7 heteroatoms. The van der Waals surface area contributed by atoms with Gasteiger partial charge in [0, 0.05) is 17.6 Å². The van der Waals surface area contributed by atoms with Crippen molar-refractivity contribution in [1.82, 2.24) is 15.6 Å². The predicted molar refractivity (Wildman–Crippen MR) is 109 cm³/mol. The molecule has 0 radical (unpaired) electrons. The Morgan fingerprint density at radius 3 is 2.58 bits per heavy atom. The molecule has 2 N–H and O–H groups in total. The average Bonchev–Trinajstić information content (AvgIpc) is 2.59. The zero-order valence-electron chi connectivity index (χ0n) is 13.8. The fraction of sp³-hybridized carbons (Fsp3) is 0.294. The fourth-order valence-electron chi connectivity index (χ4n) is 1.95. The number of rotatable bonds is 6. The summed E-state index contributed by atoms with van der Waals surface area (Å²) in [6.07, 6.45) is 0. The van der Waals surface area contributed by atoms with E-state index in [9.17, 15) is 0 Å². The first-order valence-electron chi connectivity index (χ1n) is 7.48. The van der Waals surface area contributed by atoms with Crippen LogP contribution in [0.1, 0.15) is 18.2 Å². The first-order valence-corrected chi connectivity index (χ1v) is 7.85. The van der Waals surface area contributed by atoms with E-state index in [1.165, 1.54) is 0 Å². The van der Waals surface area contributed by atoms with Gasteiger partial charge in [0.1, 0.15) is 0 Å². The van der Waals surface area contributed by atoms with Crippen LogP contribution in [0, 0.1) is 0 Å². The third-order valence-corrected chi connectivity index (χ3v) is 3.36. The number of nitrogens with one attached hydrogen (secondary N) is 2. The third-order valence-electron chi connectivity index (χ3n) is 3.10. The smallest absolute Gasteiger partial charge is 0.213 e. The highest BCUT2D eigenvalue weighted by Crippen LogP contribution is 2.10. The van der Waals surface area contributed by atoms with E-state index in [0.717, 1.165) is 28.8 Å². The zero-order valence-corrected chi connectivity index (χ0v) is 16.8. The summed E-state index contributed by atoms with van der Waals surface area (Å²) < 4.78 is 5.13. The lowest BCUT2D eigenvalue weighted by Crippen LogP contribution is -2.37. The number of aromatic nitrogens is 1. The van der Waals surface area contributed by atoms with Crippen molar-refractivity contribution in [1.29, 1.82) is 0 Å². The number of ether oxygens (including phenoxy) is 1. The Labute approximate surface area is 164 Å². The van der Waals surface area contributed by atoms with Gasteiger partial charge in [-0.3, -0.25) is 0 Å². The molecule has 0 aliphatic carbocycles. The Kier molecular flexibility index (Phi) is 9.48. The van der Waals surface area contributed by atoms with Gasteiger partial charge in [0.15, 0.2) is 5.96 Å². The van der Waals surface area contributed by atoms with E-state index in [-0.39, 0.29) is 24.0 Å². The number of pyridine rings is 1. The zero-order chi connectivity index (χ0) is 16.5. The molecule has 2 rings (SSSR count). The van der Waals surface area contributed by atoms with Crippen molar-refractivity contribution in [2.24, 2.45) is 4.99 Å². The summed E-state index contributed by atoms with van der Waals surface area (Å²) in [5.41, 5.74) is 1.99. The molecule has 0 unspecified atom stereocenters. The molecule has 0 aliphatic heterocycles. The van der Waals surface area contributed by atoms with Crippen molar-refractivity contribution in [2.75, 3.05) is 13.7 Å². The molecule has 1 aromatic carbocycles. The molecule has 2 aromatic rings. The third kappa shape index (κ3) is 6.92. The molecule has 0 saturated carbocycles. The number of benzene rings is 1. The molecule has 0 spiro atoms. The largest absolute Gasteiger partial charge is 0.481 e. The van der Waals surface area contributed by atoms with Crippen molar-refractivity contribution in [2.45, 2.75) is 20.0 Å². The molecule has 0 atom stereocenters. The first kappa shape index (κ1) is 20.5. The van der Waals surface area contributed by atoms with Gasteiger partial charge < -0.3 is 15.4 Å². The van der Waals surface area contributed by atoms with E-state index in [1.807, 2.05) is 49.4 Å². The number of halogens is 2. The van der Waals surface area contributed by atoms with Crippen LogP contribution in [0.5, 0.6) is 5.88 Å². The van der Waals surface area contributed by atoms with Gasteiger partial charge in [-0.25, -0.2) is 9.98 Å². The van der Waals surface area contributed by atoms with E-state index in [0.29, 0.717) is 19.0 Å². The van der Waals surface area contributed by atoms with Crippen LogP contribution in [0.15, 0.2) is 47.5 Å². The summed E-state index contributed by atoms with van der Waals surface area (Å²) in [4.78, 5) is 8.93. The van der Waals surface area contributed by atoms with Crippen LogP contribution in [-0.2, 0) is 13.1 Å². The van der Waals surface area contributed by atoms with E-state index < -0.39 is 0 Å². The molecular weight excluding hydrogens is 439 g/mol. The van der Waals surface area contributed by atoms with Crippen LogP contribution in [0.2, 0.25) is 5.02 Å². The highest BCUT2D eigenvalue weighted by Gasteiger charge is 2.01. The Morgan fingerprint density at radius 2 is 1.92 bits per heavy atom. The topological polar surface area (TPSA) is 58.5 Å². The Balaban J connectivity index is 0.00000288. The highest BCUT2D eigenvalue weighted by molar-refractivity contribution is 14.0. The van der Waals surface area contributed by atoms with Crippen LogP contribution in [0.4, 0.5) is 0 Å². The van der Waals surface area contributed by atoms with Gasteiger partial charge in [0.25, 0.3) is 0 Å². The van der Waals surface area contributed by atoms with Crippen molar-refractivity contribution < 1.29 is 4.74 Å². The summed E-state index contributed by atoms with van der Waals surface area (Å²) in [6, 6.07) is 13.4. The van der Waals surface area contributed by atoms with Crippen LogP contribution in [-0.4, -0.2) is 24.6 Å². The van der Waals surface area contributed by atoms with Gasteiger partial charge in [-0.2, -0.15) is 0 Å². The number of hydrogen-bond acceptors (Lipinski definition) is 3. The second kappa shape index (κ2) is 11.1. The second-order valence-corrected chi connectivity index (χ2v) is 5.28. The van der Waals surface area contributed by atoms with Crippen molar-refractivity contribution in [3.8, 4) is 5.88 Å². The van der Waals surface area contributed by atoms with Crippen LogP contribution < -0.4 is 15.4 Å². The predicted octanol–water partition coefficient (Wildman–Crippen LogP) is 3.62. The minimum absolute atomic E-state index is 0. The van der Waals surface area contributed by atoms with Crippen LogP contribution in [0.3, 0.4) is 0 Å². The highest BCUT2D eigenvalue weighted by atomic mass is 127. The number of guanidine groups is 1. The number of hydrogen-bond donors (Lipinski definition) is 2.